The number of aliphatic hydroxyl groups excluding tert-OH is 1. The van der Waals surface area contributed by atoms with Gasteiger partial charge < -0.3 is 14.6 Å². The summed E-state index contributed by atoms with van der Waals surface area (Å²) in [6.45, 7) is 5.30. The second-order valence-electron chi connectivity index (χ2n) is 15.1. The molecule has 53 heavy (non-hydrogen) atoms. The minimum absolute atomic E-state index is 0.180. The number of carbonyl (C=O) groups is 1. The van der Waals surface area contributed by atoms with Gasteiger partial charge in [0, 0.05) is 13.0 Å². The third kappa shape index (κ3) is 44.4. The Morgan fingerprint density at radius 2 is 0.792 bits per heavy atom. The van der Waals surface area contributed by atoms with Gasteiger partial charge in [0.1, 0.15) is 6.10 Å². The van der Waals surface area contributed by atoms with Crippen LogP contribution >= 0.6 is 0 Å². The van der Waals surface area contributed by atoms with Crippen molar-refractivity contribution >= 4 is 5.97 Å². The fourth-order valence-electron chi connectivity index (χ4n) is 6.37. The fraction of sp³-hybridized carbons (Fsp3) is 0.776. The Kier molecular flexibility index (Phi) is 44.6. The predicted molar refractivity (Wildman–Crippen MR) is 233 cm³/mol. The smallest absolute Gasteiger partial charge is 0.306 e. The van der Waals surface area contributed by atoms with Crippen LogP contribution in [0.25, 0.3) is 0 Å². The molecular weight excluding hydrogens is 653 g/mol. The Morgan fingerprint density at radius 1 is 0.453 bits per heavy atom. The first-order valence-corrected chi connectivity index (χ1v) is 22.9. The molecule has 0 radical (unpaired) electrons. The molecule has 0 rings (SSSR count). The van der Waals surface area contributed by atoms with Crippen molar-refractivity contribution in [2.24, 2.45) is 0 Å². The summed E-state index contributed by atoms with van der Waals surface area (Å²) in [5, 5.41) is 9.62. The zero-order chi connectivity index (χ0) is 38.4. The van der Waals surface area contributed by atoms with Crippen LogP contribution < -0.4 is 0 Å². The maximum atomic E-state index is 12.2. The number of hydrogen-bond donors (Lipinski definition) is 1. The molecule has 0 aliphatic carbocycles. The van der Waals surface area contributed by atoms with E-state index in [1.54, 1.807) is 0 Å². The fourth-order valence-corrected chi connectivity index (χ4v) is 6.37. The van der Waals surface area contributed by atoms with Gasteiger partial charge in [-0.05, 0) is 83.5 Å². The van der Waals surface area contributed by atoms with Crippen molar-refractivity contribution in [3.8, 4) is 0 Å². The molecule has 0 heterocycles. The van der Waals surface area contributed by atoms with Crippen LogP contribution in [0.5, 0.6) is 0 Å². The highest BCUT2D eigenvalue weighted by Gasteiger charge is 2.13. The molecule has 0 saturated heterocycles. The second kappa shape index (κ2) is 46.2. The van der Waals surface area contributed by atoms with Crippen molar-refractivity contribution in [2.75, 3.05) is 19.8 Å². The predicted octanol–water partition coefficient (Wildman–Crippen LogP) is 15.2. The van der Waals surface area contributed by atoms with Crippen LogP contribution in [-0.4, -0.2) is 37.0 Å². The molecule has 0 saturated carbocycles. The lowest BCUT2D eigenvalue weighted by molar-refractivity contribution is -0.154. The van der Waals surface area contributed by atoms with Gasteiger partial charge in [0.25, 0.3) is 0 Å². The molecule has 0 fully saturated rings. The minimum atomic E-state index is -0.545. The Bertz CT molecular complexity index is 870. The number of hydrogen-bond acceptors (Lipinski definition) is 4. The first-order chi connectivity index (χ1) is 26.2. The quantitative estimate of drug-likeness (QED) is 0.0385. The molecule has 4 nitrogen and oxygen atoms in total. The number of unbranched alkanes of at least 4 members (excludes halogenated alkanes) is 24. The first-order valence-electron chi connectivity index (χ1n) is 22.9. The normalized spacial score (nSPS) is 12.9. The average Bonchev–Trinajstić information content (AvgIpc) is 3.16. The lowest BCUT2D eigenvalue weighted by Crippen LogP contribution is -2.27. The van der Waals surface area contributed by atoms with Crippen LogP contribution in [0.15, 0.2) is 60.8 Å². The first kappa shape index (κ1) is 51.1. The number of rotatable bonds is 42. The van der Waals surface area contributed by atoms with E-state index in [2.05, 4.69) is 74.6 Å². The van der Waals surface area contributed by atoms with Gasteiger partial charge in [-0.2, -0.15) is 0 Å². The van der Waals surface area contributed by atoms with Crippen LogP contribution in [0.2, 0.25) is 0 Å². The van der Waals surface area contributed by atoms with Gasteiger partial charge in [0.2, 0.25) is 0 Å². The van der Waals surface area contributed by atoms with E-state index in [0.717, 1.165) is 51.4 Å². The van der Waals surface area contributed by atoms with Gasteiger partial charge in [-0.1, -0.05) is 190 Å². The van der Waals surface area contributed by atoms with Crippen molar-refractivity contribution in [3.63, 3.8) is 0 Å². The molecule has 0 aliphatic rings. The molecule has 4 heteroatoms. The minimum Gasteiger partial charge on any atom is -0.457 e. The number of esters is 1. The lowest BCUT2D eigenvalue weighted by Gasteiger charge is -2.15. The maximum absolute atomic E-state index is 12.2. The molecule has 0 bridgehead atoms. The van der Waals surface area contributed by atoms with Crippen LogP contribution in [-0.2, 0) is 14.3 Å². The zero-order valence-corrected chi connectivity index (χ0v) is 35.3. The number of allylic oxidation sites excluding steroid dienone is 10. The highest BCUT2D eigenvalue weighted by atomic mass is 16.6. The maximum Gasteiger partial charge on any atom is 0.306 e. The topological polar surface area (TPSA) is 55.8 Å². The highest BCUT2D eigenvalue weighted by Crippen LogP contribution is 2.13. The highest BCUT2D eigenvalue weighted by molar-refractivity contribution is 5.69. The lowest BCUT2D eigenvalue weighted by atomic mass is 10.1. The molecule has 0 spiro atoms. The Labute approximate surface area is 330 Å². The molecule has 1 N–H and O–H groups in total. The summed E-state index contributed by atoms with van der Waals surface area (Å²) in [7, 11) is 0. The molecule has 0 aliphatic heterocycles. The van der Waals surface area contributed by atoms with Gasteiger partial charge in [0.05, 0.1) is 13.2 Å². The van der Waals surface area contributed by atoms with E-state index in [1.165, 1.54) is 148 Å². The van der Waals surface area contributed by atoms with Crippen LogP contribution in [0.4, 0.5) is 0 Å². The average molecular weight is 741 g/mol. The number of carbonyl (C=O) groups excluding carboxylic acids is 1. The molecule has 0 amide bonds. The molecular formula is C49H88O4. The molecule has 0 aromatic carbocycles. The van der Waals surface area contributed by atoms with Gasteiger partial charge >= 0.3 is 5.97 Å². The summed E-state index contributed by atoms with van der Waals surface area (Å²) < 4.78 is 11.2. The molecule has 308 valence electrons. The molecule has 0 aromatic heterocycles. The Hall–Kier alpha value is -1.91. The van der Waals surface area contributed by atoms with E-state index in [-0.39, 0.29) is 19.2 Å². The third-order valence-corrected chi connectivity index (χ3v) is 9.82. The van der Waals surface area contributed by atoms with Crippen molar-refractivity contribution in [1.82, 2.24) is 0 Å². The summed E-state index contributed by atoms with van der Waals surface area (Å²) in [5.41, 5.74) is 0. The van der Waals surface area contributed by atoms with Crippen molar-refractivity contribution in [3.05, 3.63) is 60.8 Å². The molecule has 1 atom stereocenters. The van der Waals surface area contributed by atoms with E-state index < -0.39 is 6.10 Å². The van der Waals surface area contributed by atoms with Crippen LogP contribution in [0.3, 0.4) is 0 Å². The van der Waals surface area contributed by atoms with Crippen LogP contribution in [0, 0.1) is 0 Å². The Morgan fingerprint density at radius 3 is 1.23 bits per heavy atom. The summed E-state index contributed by atoms with van der Waals surface area (Å²) in [6.07, 6.45) is 61.4. The summed E-state index contributed by atoms with van der Waals surface area (Å²) >= 11 is 0. The number of aliphatic hydroxyl groups is 1. The standard InChI is InChI=1S/C49H88O4/c1-3-5-7-9-11-13-15-17-19-21-23-24-25-27-29-31-33-35-37-39-41-43-45-52-47-48(46-50)53-49(51)44-42-40-38-36-34-32-30-28-26-22-20-18-16-14-12-10-8-6-4-2/h12,14-15,17-18,20-21,23,26,28,48,50H,3-11,13,16,19,22,24-25,27,29-47H2,1-2H3/b14-12-,17-15-,20-18-,23-21-,28-26-. The third-order valence-electron chi connectivity index (χ3n) is 9.82. The summed E-state index contributed by atoms with van der Waals surface area (Å²) in [5.74, 6) is -0.214. The van der Waals surface area contributed by atoms with E-state index in [0.29, 0.717) is 13.0 Å². The molecule has 0 aromatic rings. The van der Waals surface area contributed by atoms with Gasteiger partial charge in [-0.25, -0.2) is 0 Å². The largest absolute Gasteiger partial charge is 0.457 e. The van der Waals surface area contributed by atoms with E-state index in [4.69, 9.17) is 9.47 Å². The van der Waals surface area contributed by atoms with Crippen molar-refractivity contribution < 1.29 is 19.4 Å². The van der Waals surface area contributed by atoms with E-state index >= 15 is 0 Å². The molecule has 1 unspecified atom stereocenters. The van der Waals surface area contributed by atoms with Gasteiger partial charge in [-0.3, -0.25) is 4.79 Å². The second-order valence-corrected chi connectivity index (χ2v) is 15.1. The zero-order valence-electron chi connectivity index (χ0n) is 35.3. The van der Waals surface area contributed by atoms with Gasteiger partial charge in [0.15, 0.2) is 0 Å². The van der Waals surface area contributed by atoms with Crippen LogP contribution in [0.1, 0.15) is 219 Å². The monoisotopic (exact) mass is 741 g/mol. The van der Waals surface area contributed by atoms with Gasteiger partial charge in [-0.15, -0.1) is 0 Å². The summed E-state index contributed by atoms with van der Waals surface area (Å²) in [4.78, 5) is 12.2. The summed E-state index contributed by atoms with van der Waals surface area (Å²) in [6, 6.07) is 0. The number of ether oxygens (including phenoxy) is 2. The SMILES string of the molecule is CCCCC/C=C\C/C=C\C/C=C\CCCCCCCCC(=O)OC(CO)COCCCCCCCCCCCC/C=C\C/C=C\CCCCCCC. The van der Waals surface area contributed by atoms with Crippen molar-refractivity contribution in [2.45, 2.75) is 225 Å². The van der Waals surface area contributed by atoms with Crippen molar-refractivity contribution in [1.29, 1.82) is 0 Å². The van der Waals surface area contributed by atoms with E-state index in [1.807, 2.05) is 0 Å². The van der Waals surface area contributed by atoms with E-state index in [9.17, 15) is 9.90 Å². The Balaban J connectivity index is 3.46.